The molecule has 0 atom stereocenters. The smallest absolute Gasteiger partial charge is 0.457 e. The Bertz CT molecular complexity index is 687. The molecule has 0 N–H and O–H groups in total. The zero-order valence-electron chi connectivity index (χ0n) is 10.5. The lowest BCUT2D eigenvalue weighted by Gasteiger charge is -2.03. The van der Waals surface area contributed by atoms with E-state index in [2.05, 4.69) is 0 Å². The maximum atomic E-state index is 11.9. The van der Waals surface area contributed by atoms with E-state index in [4.69, 9.17) is 4.74 Å². The summed E-state index contributed by atoms with van der Waals surface area (Å²) in [4.78, 5) is 12.6. The zero-order chi connectivity index (χ0) is 13.9. The normalized spacial score (nSPS) is 14.3. The fraction of sp³-hybridized carbons (Fsp3) is 0.0625. The summed E-state index contributed by atoms with van der Waals surface area (Å²) in [6, 6.07) is 16.7. The predicted molar refractivity (Wildman–Crippen MR) is 77.0 cm³/mol. The van der Waals surface area contributed by atoms with Crippen molar-refractivity contribution >= 4 is 28.8 Å². The van der Waals surface area contributed by atoms with Gasteiger partial charge in [-0.2, -0.15) is 0 Å². The van der Waals surface area contributed by atoms with Crippen LogP contribution >= 0.6 is 0 Å². The van der Waals surface area contributed by atoms with Gasteiger partial charge in [0.25, 0.3) is 4.90 Å². The van der Waals surface area contributed by atoms with Gasteiger partial charge in [0.15, 0.2) is 0 Å². The SMILES string of the molecule is O=[S+]c1ccc(C2=C(c3ccccc3)C(=O)OC2)cc1. The van der Waals surface area contributed by atoms with Gasteiger partial charge in [0, 0.05) is 21.9 Å². The second kappa shape index (κ2) is 5.35. The molecule has 0 aromatic heterocycles. The highest BCUT2D eigenvalue weighted by atomic mass is 32.1. The summed E-state index contributed by atoms with van der Waals surface area (Å²) >= 11 is 0.454. The summed E-state index contributed by atoms with van der Waals surface area (Å²) in [7, 11) is 0. The molecule has 0 saturated heterocycles. The van der Waals surface area contributed by atoms with Gasteiger partial charge in [0.2, 0.25) is 0 Å². The van der Waals surface area contributed by atoms with Crippen molar-refractivity contribution < 1.29 is 13.7 Å². The predicted octanol–water partition coefficient (Wildman–Crippen LogP) is 2.94. The van der Waals surface area contributed by atoms with E-state index in [1.165, 1.54) is 0 Å². The van der Waals surface area contributed by atoms with Crippen molar-refractivity contribution in [2.24, 2.45) is 0 Å². The Morgan fingerprint density at radius 2 is 1.60 bits per heavy atom. The minimum absolute atomic E-state index is 0.271. The molecule has 20 heavy (non-hydrogen) atoms. The van der Waals surface area contributed by atoms with E-state index in [1.54, 1.807) is 12.1 Å². The second-order valence-corrected chi connectivity index (χ2v) is 5.04. The van der Waals surface area contributed by atoms with E-state index in [1.807, 2.05) is 42.5 Å². The summed E-state index contributed by atoms with van der Waals surface area (Å²) < 4.78 is 15.9. The highest BCUT2D eigenvalue weighted by molar-refractivity contribution is 7.65. The van der Waals surface area contributed by atoms with E-state index in [0.717, 1.165) is 16.7 Å². The quantitative estimate of drug-likeness (QED) is 0.642. The fourth-order valence-corrected chi connectivity index (χ4v) is 2.49. The van der Waals surface area contributed by atoms with Crippen LogP contribution in [-0.2, 0) is 25.4 Å². The first-order chi connectivity index (χ1) is 9.79. The van der Waals surface area contributed by atoms with E-state index >= 15 is 0 Å². The van der Waals surface area contributed by atoms with Gasteiger partial charge in [-0.05, 0) is 23.3 Å². The van der Waals surface area contributed by atoms with Crippen molar-refractivity contribution in [1.82, 2.24) is 0 Å². The monoisotopic (exact) mass is 283 g/mol. The van der Waals surface area contributed by atoms with Crippen LogP contribution in [0.25, 0.3) is 11.1 Å². The van der Waals surface area contributed by atoms with Crippen molar-refractivity contribution in [3.63, 3.8) is 0 Å². The van der Waals surface area contributed by atoms with Crippen LogP contribution in [0, 0.1) is 0 Å². The van der Waals surface area contributed by atoms with Gasteiger partial charge in [-0.1, -0.05) is 30.3 Å². The van der Waals surface area contributed by atoms with E-state index < -0.39 is 0 Å². The third kappa shape index (κ3) is 2.26. The summed E-state index contributed by atoms with van der Waals surface area (Å²) in [6.45, 7) is 0.271. The van der Waals surface area contributed by atoms with Crippen LogP contribution in [0.5, 0.6) is 0 Å². The molecule has 3 rings (SSSR count). The number of carbonyl (C=O) groups excluding carboxylic acids is 1. The number of benzene rings is 2. The van der Waals surface area contributed by atoms with Crippen molar-refractivity contribution in [3.8, 4) is 0 Å². The van der Waals surface area contributed by atoms with Gasteiger partial charge in [-0.15, -0.1) is 0 Å². The van der Waals surface area contributed by atoms with Gasteiger partial charge in [-0.3, -0.25) is 0 Å². The molecule has 0 unspecified atom stereocenters. The lowest BCUT2D eigenvalue weighted by Crippen LogP contribution is -1.98. The average molecular weight is 283 g/mol. The molecule has 98 valence electrons. The largest absolute Gasteiger partial charge is 0.505 e. The summed E-state index contributed by atoms with van der Waals surface area (Å²) in [6.07, 6.45) is 0. The molecule has 0 fully saturated rings. The van der Waals surface area contributed by atoms with Gasteiger partial charge in [0.1, 0.15) is 6.61 Å². The zero-order valence-corrected chi connectivity index (χ0v) is 11.4. The molecule has 4 heteroatoms. The van der Waals surface area contributed by atoms with Crippen LogP contribution in [-0.4, -0.2) is 12.6 Å². The third-order valence-electron chi connectivity index (χ3n) is 3.21. The fourth-order valence-electron chi connectivity index (χ4n) is 2.24. The van der Waals surface area contributed by atoms with Gasteiger partial charge in [-0.25, -0.2) is 4.79 Å². The number of hydrogen-bond acceptors (Lipinski definition) is 3. The van der Waals surface area contributed by atoms with Crippen molar-refractivity contribution in [3.05, 3.63) is 65.7 Å². The average Bonchev–Trinajstić information content (AvgIpc) is 2.90. The molecule has 3 nitrogen and oxygen atoms in total. The molecular weight excluding hydrogens is 272 g/mol. The highest BCUT2D eigenvalue weighted by Crippen LogP contribution is 2.32. The molecule has 2 aromatic carbocycles. The number of rotatable bonds is 3. The van der Waals surface area contributed by atoms with Crippen LogP contribution in [0.15, 0.2) is 59.5 Å². The van der Waals surface area contributed by atoms with Crippen LogP contribution < -0.4 is 0 Å². The molecule has 1 aliphatic heterocycles. The minimum atomic E-state index is -0.298. The highest BCUT2D eigenvalue weighted by Gasteiger charge is 2.27. The molecule has 2 aromatic rings. The van der Waals surface area contributed by atoms with E-state index in [9.17, 15) is 9.00 Å². The first kappa shape index (κ1) is 12.7. The van der Waals surface area contributed by atoms with Crippen molar-refractivity contribution in [2.75, 3.05) is 6.61 Å². The second-order valence-electron chi connectivity index (χ2n) is 4.40. The number of carbonyl (C=O) groups is 1. The Hall–Kier alpha value is -2.33. The van der Waals surface area contributed by atoms with Gasteiger partial charge < -0.3 is 4.74 Å². The molecule has 0 aliphatic carbocycles. The van der Waals surface area contributed by atoms with Gasteiger partial charge >= 0.3 is 17.6 Å². The van der Waals surface area contributed by atoms with Crippen molar-refractivity contribution in [2.45, 2.75) is 4.90 Å². The van der Waals surface area contributed by atoms with Crippen LogP contribution in [0.2, 0.25) is 0 Å². The summed E-state index contributed by atoms with van der Waals surface area (Å²) in [5.74, 6) is -0.298. The molecule has 0 saturated carbocycles. The number of cyclic esters (lactones) is 1. The number of hydrogen-bond donors (Lipinski definition) is 0. The number of ether oxygens (including phenoxy) is 1. The Morgan fingerprint density at radius 3 is 2.25 bits per heavy atom. The Kier molecular flexibility index (Phi) is 3.39. The van der Waals surface area contributed by atoms with Crippen LogP contribution in [0.4, 0.5) is 0 Å². The molecule has 1 heterocycles. The van der Waals surface area contributed by atoms with E-state index in [0.29, 0.717) is 22.1 Å². The lowest BCUT2D eigenvalue weighted by atomic mass is 9.97. The molecule has 0 bridgehead atoms. The van der Waals surface area contributed by atoms with Crippen molar-refractivity contribution in [1.29, 1.82) is 0 Å². The molecule has 1 aliphatic rings. The molecular formula is C16H11O3S+. The Labute approximate surface area is 120 Å². The first-order valence-corrected chi connectivity index (χ1v) is 6.89. The lowest BCUT2D eigenvalue weighted by molar-refractivity contribution is -0.133. The standard InChI is InChI=1S/C16H11O3S/c17-16-15(12-4-2-1-3-5-12)14(10-19-16)11-6-8-13(20-18)9-7-11/h1-9H,10H2/q+1. The van der Waals surface area contributed by atoms with Crippen LogP contribution in [0.1, 0.15) is 11.1 Å². The number of esters is 1. The Balaban J connectivity index is 2.10. The molecule has 0 radical (unpaired) electrons. The molecule has 0 amide bonds. The Morgan fingerprint density at radius 1 is 0.900 bits per heavy atom. The molecule has 0 spiro atoms. The summed E-state index contributed by atoms with van der Waals surface area (Å²) in [5.41, 5.74) is 3.23. The maximum Gasteiger partial charge on any atom is 0.505 e. The topological polar surface area (TPSA) is 43.4 Å². The third-order valence-corrected chi connectivity index (χ3v) is 3.68. The maximum absolute atomic E-state index is 11.9. The summed E-state index contributed by atoms with van der Waals surface area (Å²) in [5, 5.41) is 0. The van der Waals surface area contributed by atoms with Gasteiger partial charge in [0.05, 0.1) is 5.57 Å². The minimum Gasteiger partial charge on any atom is -0.457 e. The van der Waals surface area contributed by atoms with Crippen LogP contribution in [0.3, 0.4) is 0 Å². The van der Waals surface area contributed by atoms with E-state index in [-0.39, 0.29) is 12.6 Å². The first-order valence-electron chi connectivity index (χ1n) is 6.15.